The van der Waals surface area contributed by atoms with Crippen LogP contribution in [0.15, 0.2) is 60.7 Å². The van der Waals surface area contributed by atoms with Crippen LogP contribution in [-0.4, -0.2) is 0 Å². The summed E-state index contributed by atoms with van der Waals surface area (Å²) in [7, 11) is 0. The SMILES string of the molecule is NC1CCc2c(-c3cccc4ccccc34)cccc21. The molecule has 1 unspecified atom stereocenters. The molecule has 0 bridgehead atoms. The van der Waals surface area contributed by atoms with Crippen LogP contribution in [0.1, 0.15) is 23.6 Å². The Kier molecular flexibility index (Phi) is 2.61. The van der Waals surface area contributed by atoms with Gasteiger partial charge in [0.1, 0.15) is 0 Å². The van der Waals surface area contributed by atoms with Crippen LogP contribution >= 0.6 is 0 Å². The Morgan fingerprint density at radius 3 is 2.50 bits per heavy atom. The molecule has 98 valence electrons. The van der Waals surface area contributed by atoms with Gasteiger partial charge in [0.15, 0.2) is 0 Å². The second kappa shape index (κ2) is 4.46. The van der Waals surface area contributed by atoms with Crippen molar-refractivity contribution >= 4 is 10.8 Å². The molecular weight excluding hydrogens is 242 g/mol. The summed E-state index contributed by atoms with van der Waals surface area (Å²) in [5, 5.41) is 2.62. The lowest BCUT2D eigenvalue weighted by molar-refractivity contribution is 0.713. The van der Waals surface area contributed by atoms with Crippen molar-refractivity contribution in [2.45, 2.75) is 18.9 Å². The van der Waals surface area contributed by atoms with Crippen LogP contribution in [0.25, 0.3) is 21.9 Å². The van der Waals surface area contributed by atoms with Crippen molar-refractivity contribution in [1.82, 2.24) is 0 Å². The number of rotatable bonds is 1. The normalized spacial score (nSPS) is 17.4. The van der Waals surface area contributed by atoms with E-state index in [9.17, 15) is 0 Å². The van der Waals surface area contributed by atoms with E-state index >= 15 is 0 Å². The Hall–Kier alpha value is -2.12. The zero-order valence-corrected chi connectivity index (χ0v) is 11.3. The molecule has 1 nitrogen and oxygen atoms in total. The van der Waals surface area contributed by atoms with Gasteiger partial charge in [0.25, 0.3) is 0 Å². The quantitative estimate of drug-likeness (QED) is 0.686. The third-order valence-electron chi connectivity index (χ3n) is 4.40. The zero-order valence-electron chi connectivity index (χ0n) is 11.3. The molecule has 20 heavy (non-hydrogen) atoms. The lowest BCUT2D eigenvalue weighted by Gasteiger charge is -2.12. The van der Waals surface area contributed by atoms with Crippen molar-refractivity contribution < 1.29 is 0 Å². The fraction of sp³-hybridized carbons (Fsp3) is 0.158. The molecule has 4 rings (SSSR count). The summed E-state index contributed by atoms with van der Waals surface area (Å²) in [4.78, 5) is 0. The Labute approximate surface area is 119 Å². The van der Waals surface area contributed by atoms with Gasteiger partial charge >= 0.3 is 0 Å². The molecule has 3 aromatic carbocycles. The van der Waals surface area contributed by atoms with E-state index in [1.807, 2.05) is 0 Å². The van der Waals surface area contributed by atoms with Gasteiger partial charge in [0, 0.05) is 6.04 Å². The molecule has 0 amide bonds. The predicted molar refractivity (Wildman–Crippen MR) is 84.6 cm³/mol. The molecule has 0 fully saturated rings. The average molecular weight is 259 g/mol. The van der Waals surface area contributed by atoms with Crippen LogP contribution < -0.4 is 5.73 Å². The Morgan fingerprint density at radius 1 is 0.800 bits per heavy atom. The van der Waals surface area contributed by atoms with Gasteiger partial charge in [0.05, 0.1) is 0 Å². The minimum absolute atomic E-state index is 0.208. The summed E-state index contributed by atoms with van der Waals surface area (Å²) in [5.41, 5.74) is 11.7. The number of benzene rings is 3. The minimum atomic E-state index is 0.208. The van der Waals surface area contributed by atoms with Crippen LogP contribution in [-0.2, 0) is 6.42 Å². The van der Waals surface area contributed by atoms with E-state index < -0.39 is 0 Å². The van der Waals surface area contributed by atoms with Crippen LogP contribution in [0.2, 0.25) is 0 Å². The van der Waals surface area contributed by atoms with E-state index in [0.29, 0.717) is 0 Å². The van der Waals surface area contributed by atoms with Gasteiger partial charge in [-0.2, -0.15) is 0 Å². The fourth-order valence-corrected chi connectivity index (χ4v) is 3.40. The monoisotopic (exact) mass is 259 g/mol. The maximum Gasteiger partial charge on any atom is 0.0300 e. The zero-order chi connectivity index (χ0) is 13.5. The molecule has 0 spiro atoms. The maximum atomic E-state index is 6.21. The van der Waals surface area contributed by atoms with Gasteiger partial charge < -0.3 is 5.73 Å². The first-order valence-corrected chi connectivity index (χ1v) is 7.20. The lowest BCUT2D eigenvalue weighted by Crippen LogP contribution is -2.04. The first kappa shape index (κ1) is 11.7. The van der Waals surface area contributed by atoms with Crippen molar-refractivity contribution in [3.8, 4) is 11.1 Å². The predicted octanol–water partition coefficient (Wildman–Crippen LogP) is 4.45. The van der Waals surface area contributed by atoms with E-state index in [0.717, 1.165) is 12.8 Å². The third-order valence-corrected chi connectivity index (χ3v) is 4.40. The fourth-order valence-electron chi connectivity index (χ4n) is 3.40. The highest BCUT2D eigenvalue weighted by molar-refractivity contribution is 5.97. The molecule has 1 heteroatoms. The first-order chi connectivity index (χ1) is 9.84. The second-order valence-corrected chi connectivity index (χ2v) is 5.55. The van der Waals surface area contributed by atoms with E-state index in [1.165, 1.54) is 33.0 Å². The average Bonchev–Trinajstić information content (AvgIpc) is 2.88. The lowest BCUT2D eigenvalue weighted by atomic mass is 9.93. The van der Waals surface area contributed by atoms with Crippen LogP contribution in [0, 0.1) is 0 Å². The highest BCUT2D eigenvalue weighted by Gasteiger charge is 2.22. The highest BCUT2D eigenvalue weighted by Crippen LogP contribution is 2.38. The molecule has 1 aliphatic rings. The molecule has 0 radical (unpaired) electrons. The summed E-state index contributed by atoms with van der Waals surface area (Å²) in [6.45, 7) is 0. The molecule has 3 aromatic rings. The van der Waals surface area contributed by atoms with E-state index in [-0.39, 0.29) is 6.04 Å². The van der Waals surface area contributed by atoms with Gasteiger partial charge in [-0.3, -0.25) is 0 Å². The van der Waals surface area contributed by atoms with Crippen LogP contribution in [0.5, 0.6) is 0 Å². The smallest absolute Gasteiger partial charge is 0.0300 e. The van der Waals surface area contributed by atoms with Gasteiger partial charge in [-0.25, -0.2) is 0 Å². The highest BCUT2D eigenvalue weighted by atomic mass is 14.6. The van der Waals surface area contributed by atoms with E-state index in [2.05, 4.69) is 60.7 Å². The molecular formula is C19H17N. The number of hydrogen-bond donors (Lipinski definition) is 1. The number of fused-ring (bicyclic) bond motifs is 2. The summed E-state index contributed by atoms with van der Waals surface area (Å²) < 4.78 is 0. The summed E-state index contributed by atoms with van der Waals surface area (Å²) in [5.74, 6) is 0. The van der Waals surface area contributed by atoms with Crippen molar-refractivity contribution in [1.29, 1.82) is 0 Å². The minimum Gasteiger partial charge on any atom is -0.324 e. The van der Waals surface area contributed by atoms with Crippen LogP contribution in [0.3, 0.4) is 0 Å². The molecule has 0 heterocycles. The van der Waals surface area contributed by atoms with Gasteiger partial charge in [0.2, 0.25) is 0 Å². The van der Waals surface area contributed by atoms with Crippen molar-refractivity contribution in [2.75, 3.05) is 0 Å². The Morgan fingerprint density at radius 2 is 1.55 bits per heavy atom. The number of hydrogen-bond acceptors (Lipinski definition) is 1. The van der Waals surface area contributed by atoms with Crippen molar-refractivity contribution in [3.63, 3.8) is 0 Å². The van der Waals surface area contributed by atoms with Crippen LogP contribution in [0.4, 0.5) is 0 Å². The Bertz CT molecular complexity index is 783. The van der Waals surface area contributed by atoms with Crippen molar-refractivity contribution in [2.24, 2.45) is 5.73 Å². The summed E-state index contributed by atoms with van der Waals surface area (Å²) in [6.07, 6.45) is 2.16. The Balaban J connectivity index is 2.02. The van der Waals surface area contributed by atoms with Gasteiger partial charge in [-0.05, 0) is 45.9 Å². The van der Waals surface area contributed by atoms with Crippen molar-refractivity contribution in [3.05, 3.63) is 71.8 Å². The molecule has 1 atom stereocenters. The molecule has 0 saturated carbocycles. The molecule has 0 saturated heterocycles. The standard InChI is InChI=1S/C19H17N/c20-19-12-11-17-16(9-4-10-18(17)19)15-8-3-6-13-5-1-2-7-14(13)15/h1-10,19H,11-12,20H2. The molecule has 0 aliphatic heterocycles. The molecule has 0 aromatic heterocycles. The van der Waals surface area contributed by atoms with Gasteiger partial charge in [-0.15, -0.1) is 0 Å². The van der Waals surface area contributed by atoms with Gasteiger partial charge in [-0.1, -0.05) is 60.7 Å². The van der Waals surface area contributed by atoms with E-state index in [1.54, 1.807) is 0 Å². The topological polar surface area (TPSA) is 26.0 Å². The largest absolute Gasteiger partial charge is 0.324 e. The van der Waals surface area contributed by atoms with E-state index in [4.69, 9.17) is 5.73 Å². The third kappa shape index (κ3) is 1.67. The first-order valence-electron chi connectivity index (χ1n) is 7.20. The number of nitrogens with two attached hydrogens (primary N) is 1. The molecule has 1 aliphatic carbocycles. The second-order valence-electron chi connectivity index (χ2n) is 5.55. The molecule has 2 N–H and O–H groups in total. The maximum absolute atomic E-state index is 6.21. The summed E-state index contributed by atoms with van der Waals surface area (Å²) >= 11 is 0. The summed E-state index contributed by atoms with van der Waals surface area (Å²) in [6, 6.07) is 21.9.